The van der Waals surface area contributed by atoms with Gasteiger partial charge in [0.25, 0.3) is 10.0 Å². The zero-order chi connectivity index (χ0) is 16.0. The molecule has 0 aliphatic rings. The highest BCUT2D eigenvalue weighted by Crippen LogP contribution is 2.20. The minimum Gasteiger partial charge on any atom is -0.481 e. The van der Waals surface area contributed by atoms with Gasteiger partial charge in [-0.15, -0.1) is 0 Å². The lowest BCUT2D eigenvalue weighted by molar-refractivity contribution is -0.137. The molecule has 0 fully saturated rings. The Balaban J connectivity index is 2.54. The normalized spacial score (nSPS) is 13.5. The van der Waals surface area contributed by atoms with Crippen molar-refractivity contribution in [1.29, 1.82) is 0 Å². The molecular formula is C13H23N3O4S. The van der Waals surface area contributed by atoms with Gasteiger partial charge in [0.05, 0.1) is 6.20 Å². The maximum absolute atomic E-state index is 12.1. The summed E-state index contributed by atoms with van der Waals surface area (Å²) in [5.41, 5.74) is 0. The van der Waals surface area contributed by atoms with E-state index < -0.39 is 16.0 Å². The standard InChI is InChI=1S/C13H23N3O4S/c1-10(2)11(4-5-13(17)18)6-9-15-21(19,20)12-7-8-14-16(12)3/h7-8,10-11,15H,4-6,9H2,1-3H3,(H,17,18). The molecule has 1 unspecified atom stereocenters. The molecule has 0 saturated heterocycles. The summed E-state index contributed by atoms with van der Waals surface area (Å²) in [6.07, 6.45) is 2.71. The van der Waals surface area contributed by atoms with Gasteiger partial charge in [-0.25, -0.2) is 13.1 Å². The van der Waals surface area contributed by atoms with Crippen LogP contribution < -0.4 is 4.72 Å². The van der Waals surface area contributed by atoms with Crippen molar-refractivity contribution in [3.8, 4) is 0 Å². The van der Waals surface area contributed by atoms with Crippen LogP contribution in [0.5, 0.6) is 0 Å². The Hall–Kier alpha value is -1.41. The SMILES string of the molecule is CC(C)C(CCNS(=O)(=O)c1ccnn1C)CCC(=O)O. The second kappa shape index (κ2) is 7.56. The zero-order valence-electron chi connectivity index (χ0n) is 12.6. The van der Waals surface area contributed by atoms with E-state index in [4.69, 9.17) is 5.11 Å². The molecule has 1 heterocycles. The minimum absolute atomic E-state index is 0.108. The van der Waals surface area contributed by atoms with Crippen LogP contribution in [0.2, 0.25) is 0 Å². The van der Waals surface area contributed by atoms with Gasteiger partial charge >= 0.3 is 5.97 Å². The molecular weight excluding hydrogens is 294 g/mol. The lowest BCUT2D eigenvalue weighted by Gasteiger charge is -2.20. The smallest absolute Gasteiger partial charge is 0.303 e. The van der Waals surface area contributed by atoms with E-state index in [0.29, 0.717) is 18.8 Å². The molecule has 0 aromatic carbocycles. The molecule has 1 atom stereocenters. The molecule has 1 aromatic rings. The van der Waals surface area contributed by atoms with E-state index in [1.807, 2.05) is 13.8 Å². The van der Waals surface area contributed by atoms with Gasteiger partial charge in [0.15, 0.2) is 5.03 Å². The first-order chi connectivity index (χ1) is 9.74. The summed E-state index contributed by atoms with van der Waals surface area (Å²) in [5, 5.41) is 12.7. The topological polar surface area (TPSA) is 101 Å². The summed E-state index contributed by atoms with van der Waals surface area (Å²) in [7, 11) is -2.00. The number of aromatic nitrogens is 2. The highest BCUT2D eigenvalue weighted by Gasteiger charge is 2.19. The Kier molecular flexibility index (Phi) is 6.35. The van der Waals surface area contributed by atoms with Gasteiger partial charge < -0.3 is 5.11 Å². The highest BCUT2D eigenvalue weighted by atomic mass is 32.2. The van der Waals surface area contributed by atoms with Crippen LogP contribution in [0.4, 0.5) is 0 Å². The first-order valence-corrected chi connectivity index (χ1v) is 8.42. The largest absolute Gasteiger partial charge is 0.481 e. The third-order valence-corrected chi connectivity index (χ3v) is 5.07. The number of hydrogen-bond donors (Lipinski definition) is 2. The van der Waals surface area contributed by atoms with Crippen molar-refractivity contribution in [2.45, 2.75) is 38.1 Å². The summed E-state index contributed by atoms with van der Waals surface area (Å²) >= 11 is 0. The van der Waals surface area contributed by atoms with E-state index in [1.54, 1.807) is 7.05 Å². The molecule has 0 bridgehead atoms. The van der Waals surface area contributed by atoms with E-state index in [9.17, 15) is 13.2 Å². The van der Waals surface area contributed by atoms with Gasteiger partial charge in [0.1, 0.15) is 0 Å². The molecule has 7 nitrogen and oxygen atoms in total. The molecule has 0 saturated carbocycles. The van der Waals surface area contributed by atoms with Crippen molar-refractivity contribution in [3.63, 3.8) is 0 Å². The predicted molar refractivity (Wildman–Crippen MR) is 78.2 cm³/mol. The summed E-state index contributed by atoms with van der Waals surface area (Å²) in [4.78, 5) is 10.6. The average molecular weight is 317 g/mol. The number of carboxylic acid groups (broad SMARTS) is 1. The van der Waals surface area contributed by atoms with E-state index in [-0.39, 0.29) is 23.9 Å². The van der Waals surface area contributed by atoms with Crippen LogP contribution in [-0.2, 0) is 21.9 Å². The summed E-state index contributed by atoms with van der Waals surface area (Å²) < 4.78 is 28.0. The second-order valence-electron chi connectivity index (χ2n) is 5.42. The summed E-state index contributed by atoms with van der Waals surface area (Å²) in [6, 6.07) is 1.44. The van der Waals surface area contributed by atoms with Crippen molar-refractivity contribution in [2.75, 3.05) is 6.54 Å². The van der Waals surface area contributed by atoms with Gasteiger partial charge in [-0.2, -0.15) is 5.10 Å². The number of nitrogens with one attached hydrogen (secondary N) is 1. The fourth-order valence-corrected chi connectivity index (χ4v) is 3.37. The summed E-state index contributed by atoms with van der Waals surface area (Å²) in [6.45, 7) is 4.32. The van der Waals surface area contributed by atoms with Crippen molar-refractivity contribution in [1.82, 2.24) is 14.5 Å². The number of hydrogen-bond acceptors (Lipinski definition) is 4. The van der Waals surface area contributed by atoms with E-state index in [0.717, 1.165) is 0 Å². The Labute approximate surface area is 125 Å². The molecule has 0 radical (unpaired) electrons. The molecule has 2 N–H and O–H groups in total. The fraction of sp³-hybridized carbons (Fsp3) is 0.692. The highest BCUT2D eigenvalue weighted by molar-refractivity contribution is 7.89. The molecule has 1 aromatic heterocycles. The number of rotatable bonds is 9. The van der Waals surface area contributed by atoms with Crippen LogP contribution in [0.15, 0.2) is 17.3 Å². The molecule has 0 aliphatic carbocycles. The van der Waals surface area contributed by atoms with Crippen molar-refractivity contribution < 1.29 is 18.3 Å². The molecule has 0 spiro atoms. The van der Waals surface area contributed by atoms with Crippen LogP contribution in [0.1, 0.15) is 33.1 Å². The number of aryl methyl sites for hydroxylation is 1. The third kappa shape index (κ3) is 5.47. The number of nitrogens with zero attached hydrogens (tertiary/aromatic N) is 2. The number of carbonyl (C=O) groups is 1. The predicted octanol–water partition coefficient (Wildman–Crippen LogP) is 1.23. The minimum atomic E-state index is -3.57. The van der Waals surface area contributed by atoms with Crippen molar-refractivity contribution in [2.24, 2.45) is 18.9 Å². The molecule has 0 amide bonds. The second-order valence-corrected chi connectivity index (χ2v) is 7.13. The van der Waals surface area contributed by atoms with Crippen molar-refractivity contribution >= 4 is 16.0 Å². The number of carboxylic acids is 1. The first-order valence-electron chi connectivity index (χ1n) is 6.93. The Morgan fingerprint density at radius 1 is 1.43 bits per heavy atom. The number of aliphatic carboxylic acids is 1. The summed E-state index contributed by atoms with van der Waals surface area (Å²) in [5.74, 6) is -0.336. The molecule has 21 heavy (non-hydrogen) atoms. The van der Waals surface area contributed by atoms with Crippen LogP contribution in [0.25, 0.3) is 0 Å². The van der Waals surface area contributed by atoms with Crippen molar-refractivity contribution in [3.05, 3.63) is 12.3 Å². The van der Waals surface area contributed by atoms with Gasteiger partial charge in [0, 0.05) is 20.0 Å². The van der Waals surface area contributed by atoms with Gasteiger partial charge in [-0.05, 0) is 30.7 Å². The zero-order valence-corrected chi connectivity index (χ0v) is 13.4. The Bertz CT molecular complexity index is 566. The lowest BCUT2D eigenvalue weighted by Crippen LogP contribution is -2.28. The third-order valence-electron chi connectivity index (χ3n) is 3.53. The van der Waals surface area contributed by atoms with E-state index in [1.165, 1.54) is 16.9 Å². The van der Waals surface area contributed by atoms with Crippen LogP contribution in [-0.4, -0.2) is 35.8 Å². The number of sulfonamides is 1. The Morgan fingerprint density at radius 3 is 2.57 bits per heavy atom. The Morgan fingerprint density at radius 2 is 2.10 bits per heavy atom. The fourth-order valence-electron chi connectivity index (χ4n) is 2.20. The molecule has 8 heteroatoms. The van der Waals surface area contributed by atoms with Crippen LogP contribution in [0, 0.1) is 11.8 Å². The van der Waals surface area contributed by atoms with E-state index in [2.05, 4.69) is 9.82 Å². The van der Waals surface area contributed by atoms with Gasteiger partial charge in [-0.3, -0.25) is 9.48 Å². The van der Waals surface area contributed by atoms with Gasteiger partial charge in [-0.1, -0.05) is 13.8 Å². The first kappa shape index (κ1) is 17.6. The molecule has 1 rings (SSSR count). The molecule has 120 valence electrons. The van der Waals surface area contributed by atoms with Crippen LogP contribution >= 0.6 is 0 Å². The van der Waals surface area contributed by atoms with Gasteiger partial charge in [0.2, 0.25) is 0 Å². The monoisotopic (exact) mass is 317 g/mol. The molecule has 0 aliphatic heterocycles. The van der Waals surface area contributed by atoms with E-state index >= 15 is 0 Å². The maximum atomic E-state index is 12.1. The lowest BCUT2D eigenvalue weighted by atomic mass is 9.88. The average Bonchev–Trinajstić information content (AvgIpc) is 2.79. The van der Waals surface area contributed by atoms with Crippen LogP contribution in [0.3, 0.4) is 0 Å². The maximum Gasteiger partial charge on any atom is 0.303 e. The quantitative estimate of drug-likeness (QED) is 0.713.